The molecule has 1 aromatic rings. The van der Waals surface area contributed by atoms with Gasteiger partial charge in [0.15, 0.2) is 24.3 Å². The molecule has 2 amide bonds. The summed E-state index contributed by atoms with van der Waals surface area (Å²) < 4.78 is 62.0. The third-order valence-electron chi connectivity index (χ3n) is 7.09. The van der Waals surface area contributed by atoms with Crippen LogP contribution < -0.4 is 20.3 Å². The molecule has 2 aliphatic rings. The first-order valence-corrected chi connectivity index (χ1v) is 19.8. The van der Waals surface area contributed by atoms with Crippen molar-refractivity contribution < 1.29 is 80.9 Å². The monoisotopic (exact) mass is 885 g/mol. The number of fused-ring (bicyclic) bond motifs is 2. The normalized spacial score (nSPS) is 20.4. The minimum atomic E-state index is -1.73. The largest absolute Gasteiger partial charge is 0.515 e. The molecule has 0 aromatic carbocycles. The van der Waals surface area contributed by atoms with Gasteiger partial charge in [-0.1, -0.05) is 0 Å². The number of hydrogen-bond acceptors (Lipinski definition) is 20. The number of ether oxygens (including phenoxy) is 11. The molecule has 22 nitrogen and oxygen atoms in total. The standard InChI is InChI=1S/C40H63N5O17/c1-35(2,3)57-29(46)44-28-42-25-22(26(43-28)56-34(51)62-40(16,17)18)41-21-24(55-33(50)61-39(13,14)15)23(54-32(49)60-38(10,11)12)20(19-52-31(48)59-37(7,8)9)53-27(21)45(25)30(47)58-36(4,5)6/h20-21,23-24,27,41H,19H2,1-18H3,(H,42,43,44,46). The van der Waals surface area contributed by atoms with Gasteiger partial charge in [-0.3, -0.25) is 5.32 Å². The van der Waals surface area contributed by atoms with Gasteiger partial charge in [0.1, 0.15) is 58.0 Å². The molecule has 2 N–H and O–H groups in total. The highest BCUT2D eigenvalue weighted by Gasteiger charge is 2.58. The Kier molecular flexibility index (Phi) is 15.1. The van der Waals surface area contributed by atoms with Crippen LogP contribution in [0.5, 0.6) is 5.88 Å². The molecule has 2 aliphatic heterocycles. The summed E-state index contributed by atoms with van der Waals surface area (Å²) in [5, 5.41) is 5.38. The SMILES string of the molecule is CC(C)(C)OC(=O)Nc1nc(OC(=O)OC(C)(C)C)c2c(n1)N(C(=O)OC(C)(C)C)C1OC(COC(=O)OC(C)(C)C)C(OC(=O)OC(C)(C)C)C(OC(=O)OC(C)(C)C)C1N2. The second-order valence-electron chi connectivity index (χ2n) is 20.2. The molecule has 0 bridgehead atoms. The van der Waals surface area contributed by atoms with Gasteiger partial charge >= 0.3 is 36.8 Å². The minimum absolute atomic E-state index is 0.321. The lowest BCUT2D eigenvalue weighted by molar-refractivity contribution is -0.202. The Labute approximate surface area is 361 Å². The van der Waals surface area contributed by atoms with E-state index in [0.717, 1.165) is 4.90 Å². The van der Waals surface area contributed by atoms with Crippen LogP contribution >= 0.6 is 0 Å². The fraction of sp³-hybridized carbons (Fsp3) is 0.750. The van der Waals surface area contributed by atoms with Crippen LogP contribution in [0.25, 0.3) is 0 Å². The summed E-state index contributed by atoms with van der Waals surface area (Å²) >= 11 is 0. The number of carbonyl (C=O) groups excluding carboxylic acids is 6. The molecule has 3 heterocycles. The molecule has 0 spiro atoms. The van der Waals surface area contributed by atoms with Crippen LogP contribution in [-0.4, -0.2) is 118 Å². The summed E-state index contributed by atoms with van der Waals surface area (Å²) in [5.74, 6) is -1.55. The molecule has 1 aromatic heterocycles. The average Bonchev–Trinajstić information content (AvgIpc) is 2.98. The summed E-state index contributed by atoms with van der Waals surface area (Å²) in [6, 6.07) is -1.51. The molecule has 0 aliphatic carbocycles. The van der Waals surface area contributed by atoms with E-state index < -0.39 is 125 Å². The van der Waals surface area contributed by atoms with Gasteiger partial charge in [-0.05, 0) is 125 Å². The Bertz CT molecular complexity index is 1830. The Morgan fingerprint density at radius 2 is 1.05 bits per heavy atom. The van der Waals surface area contributed by atoms with Gasteiger partial charge in [-0.2, -0.15) is 9.97 Å². The maximum absolute atomic E-state index is 14.5. The lowest BCUT2D eigenvalue weighted by atomic mass is 9.93. The molecule has 0 saturated carbocycles. The van der Waals surface area contributed by atoms with E-state index in [2.05, 4.69) is 20.6 Å². The van der Waals surface area contributed by atoms with E-state index >= 15 is 0 Å². The van der Waals surface area contributed by atoms with Gasteiger partial charge in [0.25, 0.3) is 5.88 Å². The van der Waals surface area contributed by atoms with Crippen LogP contribution in [0.15, 0.2) is 0 Å². The molecule has 0 radical (unpaired) electrons. The summed E-state index contributed by atoms with van der Waals surface area (Å²) in [5.41, 5.74) is -6.69. The summed E-state index contributed by atoms with van der Waals surface area (Å²) in [6.45, 7) is 27.9. The van der Waals surface area contributed by atoms with E-state index in [1.807, 2.05) is 0 Å². The maximum Gasteiger partial charge on any atom is 0.515 e. The molecule has 5 atom stereocenters. The molecular formula is C40H63N5O17. The van der Waals surface area contributed by atoms with E-state index in [9.17, 15) is 28.8 Å². The molecule has 22 heteroatoms. The number of nitrogens with zero attached hydrogens (tertiary/aromatic N) is 3. The van der Waals surface area contributed by atoms with E-state index in [-0.39, 0.29) is 5.69 Å². The van der Waals surface area contributed by atoms with Gasteiger partial charge < -0.3 is 57.4 Å². The molecule has 62 heavy (non-hydrogen) atoms. The quantitative estimate of drug-likeness (QED) is 0.203. The van der Waals surface area contributed by atoms with Crippen molar-refractivity contribution in [2.75, 3.05) is 22.1 Å². The van der Waals surface area contributed by atoms with Crippen LogP contribution in [0.2, 0.25) is 0 Å². The number of carbonyl (C=O) groups is 6. The van der Waals surface area contributed by atoms with Crippen molar-refractivity contribution in [2.45, 2.75) is 189 Å². The Balaban J connectivity index is 2.39. The number of hydrogen-bond donors (Lipinski definition) is 2. The maximum atomic E-state index is 14.5. The fourth-order valence-corrected chi connectivity index (χ4v) is 5.30. The van der Waals surface area contributed by atoms with Crippen molar-refractivity contribution in [3.8, 4) is 5.88 Å². The van der Waals surface area contributed by atoms with E-state index in [4.69, 9.17) is 52.1 Å². The van der Waals surface area contributed by atoms with Gasteiger partial charge in [0, 0.05) is 0 Å². The van der Waals surface area contributed by atoms with Crippen LogP contribution in [0.4, 0.5) is 46.2 Å². The Morgan fingerprint density at radius 3 is 1.53 bits per heavy atom. The van der Waals surface area contributed by atoms with E-state index in [1.54, 1.807) is 125 Å². The number of rotatable bonds is 6. The van der Waals surface area contributed by atoms with Crippen molar-refractivity contribution >= 4 is 54.3 Å². The molecule has 350 valence electrons. The fourth-order valence-electron chi connectivity index (χ4n) is 5.30. The van der Waals surface area contributed by atoms with Crippen molar-refractivity contribution in [1.29, 1.82) is 0 Å². The highest BCUT2D eigenvalue weighted by molar-refractivity contribution is 5.95. The lowest BCUT2D eigenvalue weighted by Gasteiger charge is -2.50. The van der Waals surface area contributed by atoms with Crippen LogP contribution in [0, 0.1) is 0 Å². The van der Waals surface area contributed by atoms with Gasteiger partial charge in [-0.15, -0.1) is 0 Å². The van der Waals surface area contributed by atoms with Crippen molar-refractivity contribution in [2.24, 2.45) is 0 Å². The molecular weight excluding hydrogens is 822 g/mol. The van der Waals surface area contributed by atoms with E-state index in [0.29, 0.717) is 0 Å². The summed E-state index contributed by atoms with van der Waals surface area (Å²) in [6.07, 6.45) is -13.7. The molecule has 1 fully saturated rings. The van der Waals surface area contributed by atoms with E-state index in [1.165, 1.54) is 0 Å². The molecule has 1 saturated heterocycles. The number of aromatic nitrogens is 2. The van der Waals surface area contributed by atoms with Crippen molar-refractivity contribution in [3.63, 3.8) is 0 Å². The zero-order valence-corrected chi connectivity index (χ0v) is 38.9. The number of nitrogens with one attached hydrogen (secondary N) is 2. The first kappa shape index (κ1) is 50.8. The number of anilines is 3. The first-order valence-electron chi connectivity index (χ1n) is 19.8. The second-order valence-corrected chi connectivity index (χ2v) is 20.2. The van der Waals surface area contributed by atoms with Crippen LogP contribution in [0.1, 0.15) is 125 Å². The smallest absolute Gasteiger partial charge is 0.444 e. The minimum Gasteiger partial charge on any atom is -0.444 e. The predicted octanol–water partition coefficient (Wildman–Crippen LogP) is 7.99. The zero-order chi connectivity index (χ0) is 47.6. The van der Waals surface area contributed by atoms with Crippen molar-refractivity contribution in [1.82, 2.24) is 9.97 Å². The average molecular weight is 886 g/mol. The van der Waals surface area contributed by atoms with Gasteiger partial charge in [0.05, 0.1) is 0 Å². The van der Waals surface area contributed by atoms with Gasteiger partial charge in [0.2, 0.25) is 5.95 Å². The lowest BCUT2D eigenvalue weighted by Crippen LogP contribution is -2.70. The number of amides is 2. The van der Waals surface area contributed by atoms with Gasteiger partial charge in [-0.25, -0.2) is 33.7 Å². The third-order valence-corrected chi connectivity index (χ3v) is 7.09. The topological polar surface area (TPSA) is 257 Å². The predicted molar refractivity (Wildman–Crippen MR) is 218 cm³/mol. The summed E-state index contributed by atoms with van der Waals surface area (Å²) in [7, 11) is 0. The Morgan fingerprint density at radius 1 is 0.597 bits per heavy atom. The Hall–Kier alpha value is -5.54. The second kappa shape index (κ2) is 18.4. The highest BCUT2D eigenvalue weighted by atomic mass is 16.8. The molecule has 3 rings (SSSR count). The van der Waals surface area contributed by atoms with Crippen LogP contribution in [0.3, 0.4) is 0 Å². The van der Waals surface area contributed by atoms with Crippen molar-refractivity contribution in [3.05, 3.63) is 0 Å². The zero-order valence-electron chi connectivity index (χ0n) is 38.9. The molecule has 5 unspecified atom stereocenters. The summed E-state index contributed by atoms with van der Waals surface area (Å²) in [4.78, 5) is 90.1. The van der Waals surface area contributed by atoms with Crippen LogP contribution in [-0.2, 0) is 47.4 Å². The first-order chi connectivity index (χ1) is 27.9. The third kappa shape index (κ3) is 16.4. The highest BCUT2D eigenvalue weighted by Crippen LogP contribution is 2.45.